The fraction of sp³-hybridized carbons (Fsp3) is 0.300. The normalized spacial score (nSPS) is 14.2. The number of rotatable bonds is 3. The van der Waals surface area contributed by atoms with Gasteiger partial charge >= 0.3 is 0 Å². The molecule has 1 aliphatic rings. The lowest BCUT2D eigenvalue weighted by Gasteiger charge is -2.16. The molecule has 4 rings (SSSR count). The van der Waals surface area contributed by atoms with Crippen LogP contribution >= 0.6 is 0 Å². The average Bonchev–Trinajstić information content (AvgIpc) is 2.90. The van der Waals surface area contributed by atoms with Crippen LogP contribution in [0.15, 0.2) is 48.5 Å². The van der Waals surface area contributed by atoms with Crippen LogP contribution in [0.2, 0.25) is 0 Å². The summed E-state index contributed by atoms with van der Waals surface area (Å²) >= 11 is 0. The molecule has 22 heavy (non-hydrogen) atoms. The monoisotopic (exact) mass is 291 g/mol. The number of aromatic nitrogens is 1. The third-order valence-electron chi connectivity index (χ3n) is 4.83. The van der Waals surface area contributed by atoms with Crippen LogP contribution in [0.3, 0.4) is 0 Å². The molecular weight excluding hydrogens is 270 g/mol. The van der Waals surface area contributed by atoms with Gasteiger partial charge in [0.05, 0.1) is 12.1 Å². The molecule has 0 atom stereocenters. The molecule has 1 aromatic heterocycles. The van der Waals surface area contributed by atoms with Gasteiger partial charge in [0.15, 0.2) is 0 Å². The molecule has 1 aliphatic carbocycles. The summed E-state index contributed by atoms with van der Waals surface area (Å²) in [5.41, 5.74) is 6.59. The highest BCUT2D eigenvalue weighted by atomic mass is 16.3. The second-order valence-corrected chi connectivity index (χ2v) is 6.18. The predicted octanol–water partition coefficient (Wildman–Crippen LogP) is 4.06. The van der Waals surface area contributed by atoms with E-state index in [1.54, 1.807) is 0 Å². The molecule has 2 aromatic carbocycles. The van der Waals surface area contributed by atoms with Gasteiger partial charge in [-0.1, -0.05) is 48.5 Å². The van der Waals surface area contributed by atoms with Crippen molar-refractivity contribution in [1.82, 2.24) is 4.57 Å². The zero-order valence-corrected chi connectivity index (χ0v) is 12.8. The van der Waals surface area contributed by atoms with E-state index in [4.69, 9.17) is 0 Å². The Morgan fingerprint density at radius 2 is 1.73 bits per heavy atom. The molecule has 3 aromatic rings. The zero-order valence-electron chi connectivity index (χ0n) is 12.8. The number of aryl methyl sites for hydroxylation is 1. The molecule has 0 unspecified atom stereocenters. The van der Waals surface area contributed by atoms with Gasteiger partial charge in [-0.2, -0.15) is 0 Å². The first kappa shape index (κ1) is 13.6. The van der Waals surface area contributed by atoms with Gasteiger partial charge in [-0.3, -0.25) is 0 Å². The smallest absolute Gasteiger partial charge is 0.0702 e. The summed E-state index contributed by atoms with van der Waals surface area (Å²) in [5, 5.41) is 11.1. The van der Waals surface area contributed by atoms with Gasteiger partial charge in [0.2, 0.25) is 0 Å². The van der Waals surface area contributed by atoms with E-state index in [9.17, 15) is 5.11 Å². The molecule has 2 nitrogen and oxygen atoms in total. The Hall–Kier alpha value is -2.06. The van der Waals surface area contributed by atoms with Crippen LogP contribution < -0.4 is 0 Å². The van der Waals surface area contributed by atoms with E-state index in [-0.39, 0.29) is 6.61 Å². The SMILES string of the molecule is OCc1cccc2c3c(n(Cc4ccccc4)c12)CCCC3. The minimum absolute atomic E-state index is 0.106. The maximum absolute atomic E-state index is 9.77. The number of aliphatic hydroxyl groups is 1. The first-order valence-corrected chi connectivity index (χ1v) is 8.15. The molecule has 2 heteroatoms. The Labute approximate surface area is 131 Å². The van der Waals surface area contributed by atoms with Crippen LogP contribution in [-0.2, 0) is 26.0 Å². The third-order valence-corrected chi connectivity index (χ3v) is 4.83. The quantitative estimate of drug-likeness (QED) is 0.773. The van der Waals surface area contributed by atoms with E-state index in [1.165, 1.54) is 47.0 Å². The summed E-state index contributed by atoms with van der Waals surface area (Å²) in [5.74, 6) is 0. The van der Waals surface area contributed by atoms with Crippen LogP contribution in [0.4, 0.5) is 0 Å². The summed E-state index contributed by atoms with van der Waals surface area (Å²) in [6, 6.07) is 17.0. The van der Waals surface area contributed by atoms with Crippen LogP contribution in [0.25, 0.3) is 10.9 Å². The lowest BCUT2D eigenvalue weighted by atomic mass is 9.95. The first-order chi connectivity index (χ1) is 10.9. The molecule has 0 fully saturated rings. The average molecular weight is 291 g/mol. The maximum Gasteiger partial charge on any atom is 0.0702 e. The molecule has 1 heterocycles. The molecule has 0 saturated carbocycles. The Kier molecular flexibility index (Phi) is 3.47. The van der Waals surface area contributed by atoms with E-state index in [2.05, 4.69) is 53.1 Å². The van der Waals surface area contributed by atoms with Gasteiger partial charge in [0, 0.05) is 23.2 Å². The minimum Gasteiger partial charge on any atom is -0.392 e. The van der Waals surface area contributed by atoms with Crippen LogP contribution in [0, 0.1) is 0 Å². The molecule has 0 aliphatic heterocycles. The van der Waals surface area contributed by atoms with Crippen molar-refractivity contribution in [1.29, 1.82) is 0 Å². The van der Waals surface area contributed by atoms with Gasteiger partial charge in [-0.05, 0) is 36.8 Å². The Balaban J connectivity index is 1.95. The standard InChI is InChI=1S/C20H21NO/c22-14-16-9-6-11-18-17-10-4-5-12-19(17)21(20(16)18)13-15-7-2-1-3-8-15/h1-3,6-9,11,22H,4-5,10,12-14H2. The molecule has 0 amide bonds. The highest BCUT2D eigenvalue weighted by Gasteiger charge is 2.21. The molecule has 0 saturated heterocycles. The predicted molar refractivity (Wildman–Crippen MR) is 90.0 cm³/mol. The van der Waals surface area contributed by atoms with Crippen LogP contribution in [0.5, 0.6) is 0 Å². The second-order valence-electron chi connectivity index (χ2n) is 6.18. The third kappa shape index (κ3) is 2.15. The van der Waals surface area contributed by atoms with Crippen LogP contribution in [0.1, 0.15) is 35.2 Å². The van der Waals surface area contributed by atoms with Crippen molar-refractivity contribution in [2.45, 2.75) is 38.8 Å². The van der Waals surface area contributed by atoms with Crippen molar-refractivity contribution in [2.75, 3.05) is 0 Å². The zero-order chi connectivity index (χ0) is 14.9. The van der Waals surface area contributed by atoms with E-state index in [0.29, 0.717) is 0 Å². The molecule has 0 radical (unpaired) electrons. The second kappa shape index (κ2) is 5.62. The topological polar surface area (TPSA) is 25.2 Å². The van der Waals surface area contributed by atoms with E-state index >= 15 is 0 Å². The number of hydrogen-bond acceptors (Lipinski definition) is 1. The molecule has 0 spiro atoms. The van der Waals surface area contributed by atoms with Gasteiger partial charge in [-0.25, -0.2) is 0 Å². The van der Waals surface area contributed by atoms with E-state index in [1.807, 2.05) is 0 Å². The summed E-state index contributed by atoms with van der Waals surface area (Å²) < 4.78 is 2.45. The van der Waals surface area contributed by atoms with Gasteiger partial charge in [-0.15, -0.1) is 0 Å². The number of benzene rings is 2. The van der Waals surface area contributed by atoms with Crippen molar-refractivity contribution < 1.29 is 5.11 Å². The summed E-state index contributed by atoms with van der Waals surface area (Å²) in [4.78, 5) is 0. The number of aliphatic hydroxyl groups excluding tert-OH is 1. The lowest BCUT2D eigenvalue weighted by molar-refractivity contribution is 0.283. The summed E-state index contributed by atoms with van der Waals surface area (Å²) in [7, 11) is 0. The van der Waals surface area contributed by atoms with Gasteiger partial charge < -0.3 is 9.67 Å². The Morgan fingerprint density at radius 1 is 0.909 bits per heavy atom. The number of hydrogen-bond donors (Lipinski definition) is 1. The van der Waals surface area contributed by atoms with Crippen molar-refractivity contribution in [3.63, 3.8) is 0 Å². The number of fused-ring (bicyclic) bond motifs is 3. The number of nitrogens with zero attached hydrogens (tertiary/aromatic N) is 1. The fourth-order valence-electron chi connectivity index (χ4n) is 3.83. The van der Waals surface area contributed by atoms with Crippen molar-refractivity contribution >= 4 is 10.9 Å². The van der Waals surface area contributed by atoms with E-state index in [0.717, 1.165) is 18.5 Å². The van der Waals surface area contributed by atoms with E-state index < -0.39 is 0 Å². The Morgan fingerprint density at radius 3 is 2.55 bits per heavy atom. The van der Waals surface area contributed by atoms with Crippen molar-refractivity contribution in [3.05, 3.63) is 70.9 Å². The molecule has 0 bridgehead atoms. The minimum atomic E-state index is 0.106. The van der Waals surface area contributed by atoms with Crippen molar-refractivity contribution in [3.8, 4) is 0 Å². The first-order valence-electron chi connectivity index (χ1n) is 8.15. The molecule has 112 valence electrons. The van der Waals surface area contributed by atoms with Gasteiger partial charge in [0.25, 0.3) is 0 Å². The highest BCUT2D eigenvalue weighted by Crippen LogP contribution is 2.34. The number of para-hydroxylation sites is 1. The summed E-state index contributed by atoms with van der Waals surface area (Å²) in [6.07, 6.45) is 4.87. The summed E-state index contributed by atoms with van der Waals surface area (Å²) in [6.45, 7) is 0.999. The van der Waals surface area contributed by atoms with Crippen LogP contribution in [-0.4, -0.2) is 9.67 Å². The van der Waals surface area contributed by atoms with Crippen molar-refractivity contribution in [2.24, 2.45) is 0 Å². The largest absolute Gasteiger partial charge is 0.392 e. The lowest BCUT2D eigenvalue weighted by Crippen LogP contribution is -2.09. The Bertz CT molecular complexity index is 801. The maximum atomic E-state index is 9.77. The molecular formula is C20H21NO. The fourth-order valence-corrected chi connectivity index (χ4v) is 3.83. The highest BCUT2D eigenvalue weighted by molar-refractivity contribution is 5.88. The van der Waals surface area contributed by atoms with Gasteiger partial charge in [0.1, 0.15) is 0 Å². The molecule has 1 N–H and O–H groups in total.